The number of morpholine rings is 1. The molecule has 20 heavy (non-hydrogen) atoms. The Balaban J connectivity index is 1.84. The van der Waals surface area contributed by atoms with Crippen LogP contribution in [0.3, 0.4) is 0 Å². The fourth-order valence-corrected chi connectivity index (χ4v) is 3.07. The standard InChI is InChI=1S/C14H25N3O2S/c1-10(14(18)16-11-5-3-2-4-6-11)17-7-8-19-12(9-17)13(15)20/h10-12H,2-9H2,1H3,(H2,15,20)(H,16,18). The molecule has 1 heterocycles. The molecule has 0 bridgehead atoms. The highest BCUT2D eigenvalue weighted by atomic mass is 32.1. The molecule has 2 aliphatic rings. The molecule has 0 aromatic rings. The van der Waals surface area contributed by atoms with Crippen LogP contribution in [0.2, 0.25) is 0 Å². The van der Waals surface area contributed by atoms with Gasteiger partial charge in [-0.05, 0) is 19.8 Å². The summed E-state index contributed by atoms with van der Waals surface area (Å²) in [7, 11) is 0. The molecule has 6 heteroatoms. The van der Waals surface area contributed by atoms with E-state index in [-0.39, 0.29) is 18.1 Å². The molecule has 0 radical (unpaired) electrons. The summed E-state index contributed by atoms with van der Waals surface area (Å²) < 4.78 is 5.51. The predicted octanol–water partition coefficient (Wildman–Crippen LogP) is 0.811. The third kappa shape index (κ3) is 4.14. The van der Waals surface area contributed by atoms with Gasteiger partial charge in [0, 0.05) is 19.1 Å². The number of hydrogen-bond acceptors (Lipinski definition) is 4. The van der Waals surface area contributed by atoms with E-state index in [0.29, 0.717) is 24.2 Å². The van der Waals surface area contributed by atoms with Gasteiger partial charge >= 0.3 is 0 Å². The fraction of sp³-hybridized carbons (Fsp3) is 0.857. The first kappa shape index (κ1) is 15.7. The van der Waals surface area contributed by atoms with E-state index in [9.17, 15) is 4.79 Å². The van der Waals surface area contributed by atoms with Crippen LogP contribution in [0.15, 0.2) is 0 Å². The molecule has 1 aliphatic heterocycles. The van der Waals surface area contributed by atoms with Gasteiger partial charge in [-0.25, -0.2) is 0 Å². The van der Waals surface area contributed by atoms with Gasteiger partial charge in [-0.3, -0.25) is 9.69 Å². The maximum absolute atomic E-state index is 12.3. The number of carbonyl (C=O) groups excluding carboxylic acids is 1. The summed E-state index contributed by atoms with van der Waals surface area (Å²) in [6.07, 6.45) is 5.72. The summed E-state index contributed by atoms with van der Waals surface area (Å²) in [5, 5.41) is 3.17. The van der Waals surface area contributed by atoms with Crippen molar-refractivity contribution >= 4 is 23.1 Å². The van der Waals surface area contributed by atoms with Crippen molar-refractivity contribution in [2.75, 3.05) is 19.7 Å². The Hall–Kier alpha value is -0.720. The largest absolute Gasteiger partial charge is 0.391 e. The Kier molecular flexibility index (Phi) is 5.74. The molecular weight excluding hydrogens is 274 g/mol. The minimum absolute atomic E-state index is 0.112. The third-order valence-corrected chi connectivity index (χ3v) is 4.56. The molecule has 3 N–H and O–H groups in total. The lowest BCUT2D eigenvalue weighted by Gasteiger charge is -2.36. The Bertz CT molecular complexity index is 358. The van der Waals surface area contributed by atoms with Gasteiger partial charge < -0.3 is 15.8 Å². The van der Waals surface area contributed by atoms with Crippen LogP contribution in [0.5, 0.6) is 0 Å². The second-order valence-corrected chi connectivity index (χ2v) is 6.25. The van der Waals surface area contributed by atoms with Gasteiger partial charge in [0.2, 0.25) is 5.91 Å². The number of hydrogen-bond donors (Lipinski definition) is 2. The SMILES string of the molecule is CC(C(=O)NC1CCCCC1)N1CCOC(C(N)=S)C1. The second kappa shape index (κ2) is 7.33. The number of nitrogens with zero attached hydrogens (tertiary/aromatic N) is 1. The average Bonchev–Trinajstić information content (AvgIpc) is 2.47. The van der Waals surface area contributed by atoms with E-state index in [1.54, 1.807) is 0 Å². The van der Waals surface area contributed by atoms with Crippen LogP contribution in [-0.4, -0.2) is 53.7 Å². The molecule has 1 amide bonds. The van der Waals surface area contributed by atoms with E-state index < -0.39 is 0 Å². The van der Waals surface area contributed by atoms with Crippen LogP contribution in [0, 0.1) is 0 Å². The number of nitrogens with two attached hydrogens (primary N) is 1. The molecule has 2 fully saturated rings. The molecule has 1 saturated heterocycles. The van der Waals surface area contributed by atoms with Gasteiger partial charge in [-0.2, -0.15) is 0 Å². The summed E-state index contributed by atoms with van der Waals surface area (Å²) in [4.78, 5) is 14.8. The quantitative estimate of drug-likeness (QED) is 0.752. The van der Waals surface area contributed by atoms with Gasteiger partial charge in [0.15, 0.2) is 0 Å². The Labute approximate surface area is 126 Å². The molecule has 0 aromatic heterocycles. The summed E-state index contributed by atoms with van der Waals surface area (Å²) in [6, 6.07) is 0.198. The van der Waals surface area contributed by atoms with E-state index in [4.69, 9.17) is 22.7 Å². The molecule has 0 spiro atoms. The van der Waals surface area contributed by atoms with E-state index in [1.807, 2.05) is 6.92 Å². The van der Waals surface area contributed by atoms with Crippen LogP contribution < -0.4 is 11.1 Å². The van der Waals surface area contributed by atoms with Crippen LogP contribution in [0.1, 0.15) is 39.0 Å². The number of amides is 1. The zero-order valence-electron chi connectivity index (χ0n) is 12.1. The molecule has 1 saturated carbocycles. The van der Waals surface area contributed by atoms with Crippen molar-refractivity contribution in [3.8, 4) is 0 Å². The maximum Gasteiger partial charge on any atom is 0.237 e. The Morgan fingerprint density at radius 1 is 1.40 bits per heavy atom. The number of ether oxygens (including phenoxy) is 1. The lowest BCUT2D eigenvalue weighted by molar-refractivity contribution is -0.129. The average molecular weight is 299 g/mol. The zero-order valence-corrected chi connectivity index (χ0v) is 13.0. The first-order valence-electron chi connectivity index (χ1n) is 7.53. The second-order valence-electron chi connectivity index (χ2n) is 5.78. The minimum atomic E-state index is -0.233. The van der Waals surface area contributed by atoms with Crippen LogP contribution in [0.4, 0.5) is 0 Å². The van der Waals surface area contributed by atoms with Crippen molar-refractivity contribution in [3.05, 3.63) is 0 Å². The fourth-order valence-electron chi connectivity index (χ4n) is 2.93. The molecule has 0 aromatic carbocycles. The lowest BCUT2D eigenvalue weighted by atomic mass is 9.95. The molecule has 2 unspecified atom stereocenters. The van der Waals surface area contributed by atoms with Gasteiger partial charge in [-0.1, -0.05) is 31.5 Å². The maximum atomic E-state index is 12.3. The summed E-state index contributed by atoms with van der Waals surface area (Å²) in [5.74, 6) is 0.112. The van der Waals surface area contributed by atoms with E-state index in [0.717, 1.165) is 19.4 Å². The molecule has 5 nitrogen and oxygen atoms in total. The van der Waals surface area contributed by atoms with Crippen molar-refractivity contribution in [2.24, 2.45) is 5.73 Å². The number of rotatable bonds is 4. The van der Waals surface area contributed by atoms with Gasteiger partial charge in [0.05, 0.1) is 12.6 Å². The van der Waals surface area contributed by atoms with Crippen molar-refractivity contribution in [1.82, 2.24) is 10.2 Å². The highest BCUT2D eigenvalue weighted by molar-refractivity contribution is 7.80. The van der Waals surface area contributed by atoms with Gasteiger partial charge in [-0.15, -0.1) is 0 Å². The van der Waals surface area contributed by atoms with E-state index in [1.165, 1.54) is 19.3 Å². The normalized spacial score (nSPS) is 26.9. The van der Waals surface area contributed by atoms with Crippen molar-refractivity contribution < 1.29 is 9.53 Å². The number of nitrogens with one attached hydrogen (secondary N) is 1. The summed E-state index contributed by atoms with van der Waals surface area (Å²) in [6.45, 7) is 3.87. The van der Waals surface area contributed by atoms with Gasteiger partial charge in [0.25, 0.3) is 0 Å². The molecule has 114 valence electrons. The monoisotopic (exact) mass is 299 g/mol. The number of carbonyl (C=O) groups is 1. The van der Waals surface area contributed by atoms with Crippen LogP contribution >= 0.6 is 12.2 Å². The van der Waals surface area contributed by atoms with Crippen molar-refractivity contribution in [1.29, 1.82) is 0 Å². The highest BCUT2D eigenvalue weighted by Crippen LogP contribution is 2.18. The lowest BCUT2D eigenvalue weighted by Crippen LogP contribution is -2.55. The topological polar surface area (TPSA) is 67.6 Å². The zero-order chi connectivity index (χ0) is 14.5. The Morgan fingerprint density at radius 3 is 2.75 bits per heavy atom. The third-order valence-electron chi connectivity index (χ3n) is 4.29. The van der Waals surface area contributed by atoms with E-state index in [2.05, 4.69) is 10.2 Å². The summed E-state index contributed by atoms with van der Waals surface area (Å²) >= 11 is 4.98. The van der Waals surface area contributed by atoms with Crippen molar-refractivity contribution in [3.63, 3.8) is 0 Å². The number of thiocarbonyl (C=S) groups is 1. The molecule has 1 aliphatic carbocycles. The minimum Gasteiger partial charge on any atom is -0.391 e. The molecule has 2 atom stereocenters. The van der Waals surface area contributed by atoms with Crippen molar-refractivity contribution in [2.45, 2.75) is 57.2 Å². The molecule has 2 rings (SSSR count). The van der Waals surface area contributed by atoms with Crippen LogP contribution in [-0.2, 0) is 9.53 Å². The van der Waals surface area contributed by atoms with E-state index >= 15 is 0 Å². The smallest absolute Gasteiger partial charge is 0.237 e. The predicted molar refractivity (Wildman–Crippen MR) is 82.6 cm³/mol. The molecular formula is C14H25N3O2S. The van der Waals surface area contributed by atoms with Gasteiger partial charge in [0.1, 0.15) is 11.1 Å². The Morgan fingerprint density at radius 2 is 2.10 bits per heavy atom. The first-order valence-corrected chi connectivity index (χ1v) is 7.94. The first-order chi connectivity index (χ1) is 9.58. The van der Waals surface area contributed by atoms with Crippen LogP contribution in [0.25, 0.3) is 0 Å². The highest BCUT2D eigenvalue weighted by Gasteiger charge is 2.30. The summed E-state index contributed by atoms with van der Waals surface area (Å²) in [5.41, 5.74) is 5.63.